The lowest BCUT2D eigenvalue weighted by atomic mass is 10.1. The van der Waals surface area contributed by atoms with Gasteiger partial charge < -0.3 is 15.4 Å². The molecule has 0 saturated heterocycles. The Balaban J connectivity index is 0.00000289. The summed E-state index contributed by atoms with van der Waals surface area (Å²) >= 11 is 0. The minimum atomic E-state index is -0.447. The van der Waals surface area contributed by atoms with Gasteiger partial charge in [-0.05, 0) is 25.0 Å². The van der Waals surface area contributed by atoms with Crippen LogP contribution >= 0.6 is 12.4 Å². The molecule has 18 heavy (non-hydrogen) atoms. The summed E-state index contributed by atoms with van der Waals surface area (Å²) in [4.78, 5) is 13.2. The fraction of sp³-hybridized carbons (Fsp3) is 0.462. The van der Waals surface area contributed by atoms with E-state index in [0.29, 0.717) is 6.54 Å². The number of methoxy groups -OCH3 is 1. The number of hydrogen-bond donors (Lipinski definition) is 1. The predicted octanol–water partition coefficient (Wildman–Crippen LogP) is 1.47. The lowest BCUT2D eigenvalue weighted by Gasteiger charge is -2.19. The zero-order valence-electron chi connectivity index (χ0n) is 11.1. The monoisotopic (exact) mass is 272 g/mol. The molecular formula is C13H21ClN2O2. The first-order chi connectivity index (χ1) is 8.06. The molecule has 1 rings (SSSR count). The van der Waals surface area contributed by atoms with Crippen LogP contribution < -0.4 is 10.5 Å². The van der Waals surface area contributed by atoms with Gasteiger partial charge in [0.25, 0.3) is 0 Å². The highest BCUT2D eigenvalue weighted by Gasteiger charge is 2.13. The van der Waals surface area contributed by atoms with E-state index in [1.54, 1.807) is 26.0 Å². The number of ether oxygens (including phenoxy) is 1. The molecule has 0 aliphatic carbocycles. The van der Waals surface area contributed by atoms with Crippen LogP contribution in [0.15, 0.2) is 24.3 Å². The molecule has 0 bridgehead atoms. The fourth-order valence-corrected chi connectivity index (χ4v) is 1.66. The lowest BCUT2D eigenvalue weighted by Crippen LogP contribution is -2.40. The van der Waals surface area contributed by atoms with Crippen LogP contribution in [-0.4, -0.2) is 37.6 Å². The van der Waals surface area contributed by atoms with Gasteiger partial charge in [0, 0.05) is 13.6 Å². The highest BCUT2D eigenvalue weighted by atomic mass is 35.5. The molecule has 102 valence electrons. The first-order valence-corrected chi connectivity index (χ1v) is 5.68. The van der Waals surface area contributed by atoms with Crippen LogP contribution in [0.3, 0.4) is 0 Å². The molecule has 0 saturated carbocycles. The molecule has 0 aliphatic heterocycles. The van der Waals surface area contributed by atoms with E-state index in [1.807, 2.05) is 24.3 Å². The summed E-state index contributed by atoms with van der Waals surface area (Å²) in [5.74, 6) is 0.814. The molecule has 1 aromatic rings. The van der Waals surface area contributed by atoms with Gasteiger partial charge in [0.2, 0.25) is 5.91 Å². The largest absolute Gasteiger partial charge is 0.496 e. The summed E-state index contributed by atoms with van der Waals surface area (Å²) in [6, 6.07) is 7.37. The second-order valence-electron chi connectivity index (χ2n) is 4.11. The number of hydrogen-bond acceptors (Lipinski definition) is 3. The smallest absolute Gasteiger partial charge is 0.238 e. The maximum atomic E-state index is 11.6. The summed E-state index contributed by atoms with van der Waals surface area (Å²) < 4.78 is 5.26. The molecule has 2 N–H and O–H groups in total. The average Bonchev–Trinajstić information content (AvgIpc) is 2.35. The second kappa shape index (κ2) is 7.95. The van der Waals surface area contributed by atoms with Crippen LogP contribution in [-0.2, 0) is 11.2 Å². The van der Waals surface area contributed by atoms with E-state index in [1.165, 1.54) is 0 Å². The Kier molecular flexibility index (Phi) is 7.39. The zero-order valence-corrected chi connectivity index (χ0v) is 11.9. The molecule has 0 spiro atoms. The summed E-state index contributed by atoms with van der Waals surface area (Å²) in [6.07, 6.45) is 0.763. The van der Waals surface area contributed by atoms with Crippen molar-refractivity contribution in [3.8, 4) is 5.75 Å². The molecule has 0 radical (unpaired) electrons. The Bertz CT molecular complexity index is 383. The quantitative estimate of drug-likeness (QED) is 0.883. The maximum Gasteiger partial charge on any atom is 0.238 e. The highest BCUT2D eigenvalue weighted by Crippen LogP contribution is 2.17. The molecule has 0 aliphatic rings. The number of likely N-dealkylation sites (N-methyl/N-ethyl adjacent to an activating group) is 1. The minimum Gasteiger partial charge on any atom is -0.496 e. The third-order valence-electron chi connectivity index (χ3n) is 2.67. The van der Waals surface area contributed by atoms with Crippen molar-refractivity contribution in [3.63, 3.8) is 0 Å². The Morgan fingerprint density at radius 2 is 2.06 bits per heavy atom. The Morgan fingerprint density at radius 3 is 2.61 bits per heavy atom. The van der Waals surface area contributed by atoms with Crippen molar-refractivity contribution in [1.82, 2.24) is 4.90 Å². The van der Waals surface area contributed by atoms with Gasteiger partial charge in [0.1, 0.15) is 5.75 Å². The molecule has 0 heterocycles. The third kappa shape index (κ3) is 4.55. The van der Waals surface area contributed by atoms with Crippen LogP contribution in [0.2, 0.25) is 0 Å². The highest BCUT2D eigenvalue weighted by molar-refractivity contribution is 5.85. The molecule has 5 heteroatoms. The molecule has 1 atom stereocenters. The van der Waals surface area contributed by atoms with E-state index >= 15 is 0 Å². The van der Waals surface area contributed by atoms with E-state index in [9.17, 15) is 4.79 Å². The SMILES string of the molecule is COc1ccccc1CCN(C)C(=O)C(C)N.Cl. The number of rotatable bonds is 5. The summed E-state index contributed by atoms with van der Waals surface area (Å²) in [5, 5.41) is 0. The predicted molar refractivity (Wildman–Crippen MR) is 75.2 cm³/mol. The van der Waals surface area contributed by atoms with Gasteiger partial charge >= 0.3 is 0 Å². The minimum absolute atomic E-state index is 0. The van der Waals surface area contributed by atoms with Gasteiger partial charge in [-0.3, -0.25) is 4.79 Å². The van der Waals surface area contributed by atoms with Gasteiger partial charge in [0.05, 0.1) is 13.2 Å². The van der Waals surface area contributed by atoms with Crippen molar-refractivity contribution in [2.24, 2.45) is 5.73 Å². The van der Waals surface area contributed by atoms with E-state index in [4.69, 9.17) is 10.5 Å². The number of amides is 1. The second-order valence-corrected chi connectivity index (χ2v) is 4.11. The summed E-state index contributed by atoms with van der Waals surface area (Å²) in [6.45, 7) is 2.34. The molecular weight excluding hydrogens is 252 g/mol. The fourth-order valence-electron chi connectivity index (χ4n) is 1.66. The summed E-state index contributed by atoms with van der Waals surface area (Å²) in [7, 11) is 3.41. The molecule has 1 amide bonds. The normalized spacial score (nSPS) is 11.3. The molecule has 0 fully saturated rings. The Labute approximate surface area is 115 Å². The first-order valence-electron chi connectivity index (χ1n) is 5.68. The van der Waals surface area contributed by atoms with Crippen molar-refractivity contribution < 1.29 is 9.53 Å². The lowest BCUT2D eigenvalue weighted by molar-refractivity contribution is -0.130. The first kappa shape index (κ1) is 16.7. The number of carbonyl (C=O) groups excluding carboxylic acids is 1. The Morgan fingerprint density at radius 1 is 1.44 bits per heavy atom. The van der Waals surface area contributed by atoms with Gasteiger partial charge in [-0.15, -0.1) is 12.4 Å². The number of nitrogens with zero attached hydrogens (tertiary/aromatic N) is 1. The average molecular weight is 273 g/mol. The Hall–Kier alpha value is -1.26. The number of halogens is 1. The van der Waals surface area contributed by atoms with Crippen LogP contribution in [0.4, 0.5) is 0 Å². The number of benzene rings is 1. The van der Waals surface area contributed by atoms with Crippen molar-refractivity contribution >= 4 is 18.3 Å². The molecule has 1 unspecified atom stereocenters. The van der Waals surface area contributed by atoms with Gasteiger partial charge in [-0.1, -0.05) is 18.2 Å². The number of carbonyl (C=O) groups is 1. The van der Waals surface area contributed by atoms with E-state index in [2.05, 4.69) is 0 Å². The van der Waals surface area contributed by atoms with Crippen molar-refractivity contribution in [1.29, 1.82) is 0 Å². The van der Waals surface area contributed by atoms with Gasteiger partial charge in [0.15, 0.2) is 0 Å². The maximum absolute atomic E-state index is 11.6. The van der Waals surface area contributed by atoms with Gasteiger partial charge in [-0.2, -0.15) is 0 Å². The number of para-hydroxylation sites is 1. The topological polar surface area (TPSA) is 55.6 Å². The van der Waals surface area contributed by atoms with Crippen molar-refractivity contribution in [2.45, 2.75) is 19.4 Å². The van der Waals surface area contributed by atoms with Crippen LogP contribution in [0.5, 0.6) is 5.75 Å². The molecule has 1 aromatic carbocycles. The standard InChI is InChI=1S/C13H20N2O2.ClH/c1-10(14)13(16)15(2)9-8-11-6-4-5-7-12(11)17-3;/h4-7,10H,8-9,14H2,1-3H3;1H. The van der Waals surface area contributed by atoms with E-state index in [-0.39, 0.29) is 18.3 Å². The van der Waals surface area contributed by atoms with E-state index in [0.717, 1.165) is 17.7 Å². The molecule has 0 aromatic heterocycles. The van der Waals surface area contributed by atoms with Crippen LogP contribution in [0.25, 0.3) is 0 Å². The molecule has 4 nitrogen and oxygen atoms in total. The number of nitrogens with two attached hydrogens (primary N) is 1. The third-order valence-corrected chi connectivity index (χ3v) is 2.67. The van der Waals surface area contributed by atoms with Crippen LogP contribution in [0, 0.1) is 0 Å². The van der Waals surface area contributed by atoms with Gasteiger partial charge in [-0.25, -0.2) is 0 Å². The van der Waals surface area contributed by atoms with Crippen molar-refractivity contribution in [2.75, 3.05) is 20.7 Å². The summed E-state index contributed by atoms with van der Waals surface area (Å²) in [5.41, 5.74) is 6.64. The van der Waals surface area contributed by atoms with Crippen molar-refractivity contribution in [3.05, 3.63) is 29.8 Å². The zero-order chi connectivity index (χ0) is 12.8. The van der Waals surface area contributed by atoms with Crippen LogP contribution in [0.1, 0.15) is 12.5 Å². The van der Waals surface area contributed by atoms with E-state index < -0.39 is 6.04 Å².